The SMILES string of the molecule is CC(=O)OCC1CC(OC(C)=O)CC(Oc2c(C)c(O)c3c(c2O)C(=O)C(Cl)=C(Cl)C3=O)O1. The van der Waals surface area contributed by atoms with Crippen molar-refractivity contribution in [1.82, 2.24) is 0 Å². The zero-order chi connectivity index (χ0) is 24.6. The van der Waals surface area contributed by atoms with Crippen LogP contribution in [-0.4, -0.2) is 58.8 Å². The van der Waals surface area contributed by atoms with E-state index in [1.807, 2.05) is 0 Å². The summed E-state index contributed by atoms with van der Waals surface area (Å²) in [6.07, 6.45) is -2.24. The Bertz CT molecular complexity index is 1080. The maximum absolute atomic E-state index is 12.6. The topological polar surface area (TPSA) is 146 Å². The Morgan fingerprint density at radius 1 is 1.00 bits per heavy atom. The van der Waals surface area contributed by atoms with Gasteiger partial charge in [-0.05, 0) is 6.92 Å². The summed E-state index contributed by atoms with van der Waals surface area (Å²) in [5.41, 5.74) is -1.12. The fraction of sp³-hybridized carbons (Fsp3) is 0.429. The van der Waals surface area contributed by atoms with Gasteiger partial charge in [0.1, 0.15) is 28.5 Å². The monoisotopic (exact) mass is 502 g/mol. The molecule has 1 fully saturated rings. The largest absolute Gasteiger partial charge is 0.507 e. The number of phenolic OH excluding ortho intramolecular Hbond substituents is 2. The highest BCUT2D eigenvalue weighted by molar-refractivity contribution is 6.59. The Hall–Kier alpha value is -2.82. The van der Waals surface area contributed by atoms with Gasteiger partial charge in [-0.1, -0.05) is 23.2 Å². The molecule has 1 heterocycles. The van der Waals surface area contributed by atoms with E-state index in [-0.39, 0.29) is 30.8 Å². The van der Waals surface area contributed by atoms with E-state index in [2.05, 4.69) is 0 Å². The Morgan fingerprint density at radius 2 is 1.58 bits per heavy atom. The first-order valence-corrected chi connectivity index (χ1v) is 10.5. The minimum absolute atomic E-state index is 0.0340. The lowest BCUT2D eigenvalue weighted by atomic mass is 9.90. The summed E-state index contributed by atoms with van der Waals surface area (Å²) in [6.45, 7) is 3.66. The van der Waals surface area contributed by atoms with Crippen molar-refractivity contribution in [1.29, 1.82) is 0 Å². The molecule has 0 amide bonds. The van der Waals surface area contributed by atoms with Crippen molar-refractivity contribution in [2.75, 3.05) is 6.61 Å². The molecule has 2 N–H and O–H groups in total. The molecule has 1 aliphatic carbocycles. The van der Waals surface area contributed by atoms with E-state index in [1.165, 1.54) is 20.8 Å². The summed E-state index contributed by atoms with van der Waals surface area (Å²) >= 11 is 11.6. The summed E-state index contributed by atoms with van der Waals surface area (Å²) in [4.78, 5) is 47.6. The number of hydrogen-bond acceptors (Lipinski definition) is 10. The van der Waals surface area contributed by atoms with Crippen LogP contribution in [0.3, 0.4) is 0 Å². The Balaban J connectivity index is 1.96. The third kappa shape index (κ3) is 4.92. The second kappa shape index (κ2) is 9.58. The van der Waals surface area contributed by atoms with Gasteiger partial charge in [0, 0.05) is 32.3 Å². The average molecular weight is 503 g/mol. The summed E-state index contributed by atoms with van der Waals surface area (Å²) in [6, 6.07) is 0. The average Bonchev–Trinajstić information content (AvgIpc) is 2.74. The highest BCUT2D eigenvalue weighted by Crippen LogP contribution is 2.48. The molecule has 10 nitrogen and oxygen atoms in total. The molecule has 0 aromatic heterocycles. The lowest BCUT2D eigenvalue weighted by molar-refractivity contribution is -0.201. The zero-order valence-corrected chi connectivity index (χ0v) is 19.3. The minimum atomic E-state index is -1.13. The number of rotatable bonds is 5. The van der Waals surface area contributed by atoms with Gasteiger partial charge in [0.15, 0.2) is 11.5 Å². The second-order valence-corrected chi connectivity index (χ2v) is 8.25. The van der Waals surface area contributed by atoms with Gasteiger partial charge in [0.05, 0.1) is 17.2 Å². The normalized spacial score (nSPS) is 22.6. The maximum Gasteiger partial charge on any atom is 0.302 e. The van der Waals surface area contributed by atoms with Gasteiger partial charge >= 0.3 is 11.9 Å². The maximum atomic E-state index is 12.6. The molecule has 0 saturated carbocycles. The van der Waals surface area contributed by atoms with Crippen LogP contribution in [0.2, 0.25) is 0 Å². The number of allylic oxidation sites excluding steroid dienone is 2. The van der Waals surface area contributed by atoms with Crippen molar-refractivity contribution in [3.8, 4) is 17.2 Å². The van der Waals surface area contributed by atoms with Crippen molar-refractivity contribution >= 4 is 46.7 Å². The smallest absolute Gasteiger partial charge is 0.302 e. The molecule has 3 unspecified atom stereocenters. The van der Waals surface area contributed by atoms with Crippen LogP contribution in [-0.2, 0) is 23.8 Å². The molecule has 3 rings (SSSR count). The molecule has 2 aliphatic rings. The lowest BCUT2D eigenvalue weighted by Gasteiger charge is -2.35. The number of hydrogen-bond donors (Lipinski definition) is 2. The number of phenols is 2. The molecule has 1 saturated heterocycles. The molecule has 0 bridgehead atoms. The molecule has 12 heteroatoms. The first-order valence-electron chi connectivity index (χ1n) is 9.78. The molecule has 0 spiro atoms. The van der Waals surface area contributed by atoms with Gasteiger partial charge in [0.2, 0.25) is 17.9 Å². The van der Waals surface area contributed by atoms with E-state index >= 15 is 0 Å². The molecule has 178 valence electrons. The number of carbonyl (C=O) groups is 4. The van der Waals surface area contributed by atoms with E-state index in [4.69, 9.17) is 42.1 Å². The van der Waals surface area contributed by atoms with Crippen LogP contribution in [0, 0.1) is 6.92 Å². The molecule has 1 aromatic carbocycles. The Kier molecular flexibility index (Phi) is 7.20. The van der Waals surface area contributed by atoms with Gasteiger partial charge in [-0.2, -0.15) is 0 Å². The van der Waals surface area contributed by atoms with Gasteiger partial charge < -0.3 is 29.2 Å². The van der Waals surface area contributed by atoms with Crippen LogP contribution >= 0.6 is 23.2 Å². The predicted octanol–water partition coefficient (Wildman–Crippen LogP) is 2.85. The first-order chi connectivity index (χ1) is 15.4. The number of carbonyl (C=O) groups excluding carboxylic acids is 4. The van der Waals surface area contributed by atoms with E-state index in [0.717, 1.165) is 0 Å². The number of ketones is 2. The molecule has 0 radical (unpaired) electrons. The molecule has 3 atom stereocenters. The number of Topliss-reactive ketones (excluding diaryl/α,β-unsaturated/α-hetero) is 2. The number of esters is 2. The summed E-state index contributed by atoms with van der Waals surface area (Å²) in [5, 5.41) is 20.2. The fourth-order valence-corrected chi connectivity index (χ4v) is 3.97. The van der Waals surface area contributed by atoms with Crippen molar-refractivity contribution < 1.29 is 48.3 Å². The number of ether oxygens (including phenoxy) is 4. The van der Waals surface area contributed by atoms with Crippen molar-refractivity contribution in [2.45, 2.75) is 52.1 Å². The van der Waals surface area contributed by atoms with Gasteiger partial charge in [-0.3, -0.25) is 19.2 Å². The van der Waals surface area contributed by atoms with Gasteiger partial charge in [0.25, 0.3) is 0 Å². The van der Waals surface area contributed by atoms with E-state index in [9.17, 15) is 29.4 Å². The van der Waals surface area contributed by atoms with Crippen LogP contribution in [0.15, 0.2) is 10.1 Å². The molecular weight excluding hydrogens is 483 g/mol. The highest BCUT2D eigenvalue weighted by Gasteiger charge is 2.40. The summed E-state index contributed by atoms with van der Waals surface area (Å²) < 4.78 is 21.7. The quantitative estimate of drug-likeness (QED) is 0.454. The summed E-state index contributed by atoms with van der Waals surface area (Å²) in [7, 11) is 0. The predicted molar refractivity (Wildman–Crippen MR) is 113 cm³/mol. The Morgan fingerprint density at radius 3 is 2.12 bits per heavy atom. The number of fused-ring (bicyclic) bond motifs is 1. The summed E-state index contributed by atoms with van der Waals surface area (Å²) in [5.74, 6) is -4.68. The highest BCUT2D eigenvalue weighted by atomic mass is 35.5. The standard InChI is InChI=1S/C21H20Cl2O10/c1-7-17(26)13-14(19(28)16(23)15(22)18(13)27)20(29)21(7)33-12-5-10(31-9(3)25)4-11(32-12)6-30-8(2)24/h10-12,26,29H,4-6H2,1-3H3. The van der Waals surface area contributed by atoms with Crippen molar-refractivity contribution in [3.63, 3.8) is 0 Å². The minimum Gasteiger partial charge on any atom is -0.507 e. The van der Waals surface area contributed by atoms with Crippen LogP contribution in [0.4, 0.5) is 0 Å². The van der Waals surface area contributed by atoms with Gasteiger partial charge in [-0.15, -0.1) is 0 Å². The van der Waals surface area contributed by atoms with E-state index < -0.39 is 74.7 Å². The third-order valence-corrected chi connectivity index (χ3v) is 5.88. The second-order valence-electron chi connectivity index (χ2n) is 7.50. The van der Waals surface area contributed by atoms with Crippen LogP contribution < -0.4 is 4.74 Å². The van der Waals surface area contributed by atoms with Crippen molar-refractivity contribution in [2.24, 2.45) is 0 Å². The number of halogens is 2. The number of benzene rings is 1. The van der Waals surface area contributed by atoms with Crippen LogP contribution in [0.5, 0.6) is 17.2 Å². The van der Waals surface area contributed by atoms with Crippen LogP contribution in [0.25, 0.3) is 0 Å². The molecule has 33 heavy (non-hydrogen) atoms. The van der Waals surface area contributed by atoms with E-state index in [0.29, 0.717) is 0 Å². The molecule has 1 aliphatic heterocycles. The lowest BCUT2D eigenvalue weighted by Crippen LogP contribution is -2.42. The van der Waals surface area contributed by atoms with Crippen LogP contribution in [0.1, 0.15) is 53.0 Å². The van der Waals surface area contributed by atoms with Gasteiger partial charge in [-0.25, -0.2) is 0 Å². The fourth-order valence-electron chi connectivity index (χ4n) is 3.61. The Labute approximate surface area is 197 Å². The molecule has 1 aromatic rings. The van der Waals surface area contributed by atoms with E-state index in [1.54, 1.807) is 0 Å². The third-order valence-electron chi connectivity index (χ3n) is 5.06. The number of aromatic hydroxyl groups is 2. The first kappa shape index (κ1) is 24.8. The molecular formula is C21H20Cl2O10. The zero-order valence-electron chi connectivity index (χ0n) is 17.8. The van der Waals surface area contributed by atoms with Crippen molar-refractivity contribution in [3.05, 3.63) is 26.8 Å².